The predicted octanol–water partition coefficient (Wildman–Crippen LogP) is 2.43. The lowest BCUT2D eigenvalue weighted by atomic mass is 9.89. The first kappa shape index (κ1) is 20.9. The highest BCUT2D eigenvalue weighted by Crippen LogP contribution is 2.31. The van der Waals surface area contributed by atoms with E-state index in [1.807, 2.05) is 36.4 Å². The number of hydrogen-bond acceptors (Lipinski definition) is 4. The lowest BCUT2D eigenvalue weighted by Crippen LogP contribution is -2.41. The summed E-state index contributed by atoms with van der Waals surface area (Å²) < 4.78 is 0. The van der Waals surface area contributed by atoms with Crippen LogP contribution in [0, 0.1) is 5.92 Å². The van der Waals surface area contributed by atoms with Gasteiger partial charge in [0.2, 0.25) is 5.91 Å². The van der Waals surface area contributed by atoms with Crippen molar-refractivity contribution in [2.24, 2.45) is 11.7 Å². The van der Waals surface area contributed by atoms with Crippen molar-refractivity contribution in [1.29, 1.82) is 0 Å². The highest BCUT2D eigenvalue weighted by molar-refractivity contribution is 6.01. The molecule has 4 N–H and O–H groups in total. The number of anilines is 1. The number of amides is 3. The number of imide groups is 1. The third-order valence-corrected chi connectivity index (χ3v) is 4.70. The Morgan fingerprint density at radius 2 is 1.63 bits per heavy atom. The summed E-state index contributed by atoms with van der Waals surface area (Å²) in [4.78, 5) is 26.2. The zero-order chi connectivity index (χ0) is 18.4. The normalized spacial score (nSPS) is 19.1. The zero-order valence-corrected chi connectivity index (χ0v) is 15.8. The minimum atomic E-state index is -0.518. The highest BCUT2D eigenvalue weighted by atomic mass is 35.5. The lowest BCUT2D eigenvalue weighted by Gasteiger charge is -2.16. The minimum Gasteiger partial charge on any atom is -0.330 e. The molecule has 1 fully saturated rings. The molecule has 1 saturated heterocycles. The summed E-state index contributed by atoms with van der Waals surface area (Å²) in [5.74, 6) is 0.304. The van der Waals surface area contributed by atoms with Crippen molar-refractivity contribution in [2.75, 3.05) is 31.5 Å². The number of nitrogens with one attached hydrogen (secondary N) is 2. The Kier molecular flexibility index (Phi) is 7.79. The van der Waals surface area contributed by atoms with Crippen LogP contribution in [0.5, 0.6) is 0 Å². The van der Waals surface area contributed by atoms with E-state index in [0.717, 1.165) is 13.1 Å². The second-order valence-electron chi connectivity index (χ2n) is 6.58. The van der Waals surface area contributed by atoms with Crippen molar-refractivity contribution < 1.29 is 9.59 Å². The van der Waals surface area contributed by atoms with Crippen LogP contribution in [0.4, 0.5) is 10.5 Å². The van der Waals surface area contributed by atoms with E-state index in [1.165, 1.54) is 5.56 Å². The van der Waals surface area contributed by atoms with Crippen LogP contribution in [-0.4, -0.2) is 43.0 Å². The van der Waals surface area contributed by atoms with Gasteiger partial charge in [0, 0.05) is 24.7 Å². The van der Waals surface area contributed by atoms with E-state index < -0.39 is 6.03 Å². The smallest absolute Gasteiger partial charge is 0.325 e. The molecule has 1 heterocycles. The fourth-order valence-corrected chi connectivity index (χ4v) is 3.46. The van der Waals surface area contributed by atoms with E-state index in [-0.39, 0.29) is 24.9 Å². The van der Waals surface area contributed by atoms with Gasteiger partial charge >= 0.3 is 6.03 Å². The average Bonchev–Trinajstić information content (AvgIpc) is 3.05. The average molecular weight is 389 g/mol. The van der Waals surface area contributed by atoms with Crippen LogP contribution in [0.2, 0.25) is 0 Å². The summed E-state index contributed by atoms with van der Waals surface area (Å²) in [6, 6.07) is 18.7. The van der Waals surface area contributed by atoms with Gasteiger partial charge in [-0.05, 0) is 30.2 Å². The van der Waals surface area contributed by atoms with Gasteiger partial charge in [-0.2, -0.15) is 0 Å². The molecule has 144 valence electrons. The molecule has 0 spiro atoms. The van der Waals surface area contributed by atoms with Gasteiger partial charge in [0.15, 0.2) is 0 Å². The van der Waals surface area contributed by atoms with Crippen LogP contribution in [0.15, 0.2) is 60.7 Å². The maximum absolute atomic E-state index is 12.2. The summed E-state index contributed by atoms with van der Waals surface area (Å²) >= 11 is 0. The van der Waals surface area contributed by atoms with Gasteiger partial charge in [-0.15, -0.1) is 12.4 Å². The van der Waals surface area contributed by atoms with Crippen LogP contribution in [0.3, 0.4) is 0 Å². The van der Waals surface area contributed by atoms with E-state index in [2.05, 4.69) is 27.7 Å². The number of nitrogens with two attached hydrogens (primary N) is 1. The topological polar surface area (TPSA) is 87.5 Å². The van der Waals surface area contributed by atoms with E-state index in [1.54, 1.807) is 12.1 Å². The number of carbonyl (C=O) groups is 2. The molecule has 1 aliphatic heterocycles. The van der Waals surface area contributed by atoms with Crippen LogP contribution in [0.25, 0.3) is 0 Å². The maximum Gasteiger partial charge on any atom is 0.325 e. The van der Waals surface area contributed by atoms with Crippen molar-refractivity contribution in [3.8, 4) is 0 Å². The molecule has 7 heteroatoms. The minimum absolute atomic E-state index is 0. The Morgan fingerprint density at radius 1 is 1.00 bits per heavy atom. The number of likely N-dealkylation sites (tertiary alicyclic amines) is 1. The molecule has 0 saturated carbocycles. The van der Waals surface area contributed by atoms with Gasteiger partial charge in [-0.1, -0.05) is 48.5 Å². The molecule has 3 rings (SSSR count). The van der Waals surface area contributed by atoms with Gasteiger partial charge in [0.1, 0.15) is 0 Å². The Morgan fingerprint density at radius 3 is 2.26 bits per heavy atom. The Bertz CT molecular complexity index is 742. The monoisotopic (exact) mass is 388 g/mol. The summed E-state index contributed by atoms with van der Waals surface area (Å²) in [5, 5.41) is 5.02. The summed E-state index contributed by atoms with van der Waals surface area (Å²) in [7, 11) is 0. The molecule has 0 bridgehead atoms. The van der Waals surface area contributed by atoms with Crippen LogP contribution < -0.4 is 16.4 Å². The Hall–Kier alpha value is -2.41. The quantitative estimate of drug-likeness (QED) is 0.734. The molecule has 27 heavy (non-hydrogen) atoms. The Labute approximate surface area is 165 Å². The standard InChI is InChI=1S/C20H24N4O2.ClH/c21-11-16-12-24(13-18(16)15-7-3-1-4-8-15)14-19(25)23-20(26)22-17-9-5-2-6-10-17;/h1-10,16,18H,11-14,21H2,(H2,22,23,25,26);1H/t16-,18+;/m1./s1. The number of urea groups is 1. The molecule has 2 atom stereocenters. The SMILES string of the molecule is Cl.NC[C@@H]1CN(CC(=O)NC(=O)Nc2ccccc2)C[C@H]1c1ccccc1. The van der Waals surface area contributed by atoms with Crippen molar-refractivity contribution in [3.63, 3.8) is 0 Å². The number of benzene rings is 2. The van der Waals surface area contributed by atoms with E-state index >= 15 is 0 Å². The molecule has 0 radical (unpaired) electrons. The molecule has 2 aromatic rings. The molecule has 0 unspecified atom stereocenters. The van der Waals surface area contributed by atoms with Crippen molar-refractivity contribution >= 4 is 30.0 Å². The first-order valence-electron chi connectivity index (χ1n) is 8.79. The van der Waals surface area contributed by atoms with Gasteiger partial charge in [-0.3, -0.25) is 15.0 Å². The molecule has 0 aliphatic carbocycles. The third-order valence-electron chi connectivity index (χ3n) is 4.70. The van der Waals surface area contributed by atoms with Crippen molar-refractivity contribution in [1.82, 2.24) is 10.2 Å². The largest absolute Gasteiger partial charge is 0.330 e. The Balaban J connectivity index is 0.00000261. The third kappa shape index (κ3) is 5.79. The first-order chi connectivity index (χ1) is 12.7. The summed E-state index contributed by atoms with van der Waals surface area (Å²) in [6.07, 6.45) is 0. The molecule has 1 aliphatic rings. The maximum atomic E-state index is 12.2. The predicted molar refractivity (Wildman–Crippen MR) is 109 cm³/mol. The van der Waals surface area contributed by atoms with E-state index in [0.29, 0.717) is 24.1 Å². The van der Waals surface area contributed by atoms with E-state index in [4.69, 9.17) is 5.73 Å². The summed E-state index contributed by atoms with van der Waals surface area (Å²) in [6.45, 7) is 2.28. The number of hydrogen-bond donors (Lipinski definition) is 3. The molecule has 2 aromatic carbocycles. The van der Waals surface area contributed by atoms with Crippen LogP contribution >= 0.6 is 12.4 Å². The molecular weight excluding hydrogens is 364 g/mol. The van der Waals surface area contributed by atoms with Crippen molar-refractivity contribution in [3.05, 3.63) is 66.2 Å². The fraction of sp³-hybridized carbons (Fsp3) is 0.300. The van der Waals surface area contributed by atoms with Gasteiger partial charge in [0.25, 0.3) is 0 Å². The number of halogens is 1. The van der Waals surface area contributed by atoms with Crippen LogP contribution in [-0.2, 0) is 4.79 Å². The highest BCUT2D eigenvalue weighted by Gasteiger charge is 2.33. The zero-order valence-electron chi connectivity index (χ0n) is 15.0. The number of rotatable bonds is 5. The van der Waals surface area contributed by atoms with E-state index in [9.17, 15) is 9.59 Å². The van der Waals surface area contributed by atoms with Gasteiger partial charge < -0.3 is 11.1 Å². The summed E-state index contributed by atoms with van der Waals surface area (Å²) in [5.41, 5.74) is 7.82. The first-order valence-corrected chi connectivity index (χ1v) is 8.79. The fourth-order valence-electron chi connectivity index (χ4n) is 3.46. The van der Waals surface area contributed by atoms with Crippen molar-refractivity contribution in [2.45, 2.75) is 5.92 Å². The van der Waals surface area contributed by atoms with Gasteiger partial charge in [0.05, 0.1) is 6.54 Å². The molecule has 6 nitrogen and oxygen atoms in total. The second-order valence-corrected chi connectivity index (χ2v) is 6.58. The second kappa shape index (κ2) is 10.1. The number of para-hydroxylation sites is 1. The van der Waals surface area contributed by atoms with Gasteiger partial charge in [-0.25, -0.2) is 4.79 Å². The molecule has 0 aromatic heterocycles. The number of carbonyl (C=O) groups excluding carboxylic acids is 2. The number of nitrogens with zero attached hydrogens (tertiary/aromatic N) is 1. The molecule has 3 amide bonds. The lowest BCUT2D eigenvalue weighted by molar-refractivity contribution is -0.120. The van der Waals surface area contributed by atoms with Crippen LogP contribution in [0.1, 0.15) is 11.5 Å². The molecular formula is C20H25ClN4O2.